The van der Waals surface area contributed by atoms with Gasteiger partial charge in [0.15, 0.2) is 5.78 Å². The van der Waals surface area contributed by atoms with Gasteiger partial charge in [-0.2, -0.15) is 0 Å². The maximum absolute atomic E-state index is 11.9. The van der Waals surface area contributed by atoms with Crippen molar-refractivity contribution < 1.29 is 47.4 Å². The maximum atomic E-state index is 11.9. The fourth-order valence-electron chi connectivity index (χ4n) is 2.70. The number of benzene rings is 1. The van der Waals surface area contributed by atoms with Crippen LogP contribution in [0.1, 0.15) is 60.9 Å². The molecule has 0 atom stereocenters. The van der Waals surface area contributed by atoms with Crippen molar-refractivity contribution in [3.63, 3.8) is 0 Å². The summed E-state index contributed by atoms with van der Waals surface area (Å²) in [5.74, 6) is 0.221. The Labute approximate surface area is 156 Å². The zero-order chi connectivity index (χ0) is 15.1. The van der Waals surface area contributed by atoms with Gasteiger partial charge in [-0.15, -0.1) is 0 Å². The second kappa shape index (κ2) is 10.2. The average Bonchev–Trinajstić information content (AvgIpc) is 2.47. The van der Waals surface area contributed by atoms with E-state index in [0.29, 0.717) is 12.8 Å². The van der Waals surface area contributed by atoms with E-state index in [2.05, 4.69) is 5.32 Å². The topological polar surface area (TPSA) is 66.4 Å². The predicted molar refractivity (Wildman–Crippen MR) is 82.5 cm³/mol. The number of anilines is 1. The van der Waals surface area contributed by atoms with Crippen LogP contribution < -0.4 is 5.32 Å². The van der Waals surface area contributed by atoms with Crippen LogP contribution in [0.2, 0.25) is 0 Å². The quantitative estimate of drug-likeness (QED) is 0.717. The Bertz CT molecular complexity index is 517. The van der Waals surface area contributed by atoms with Gasteiger partial charge in [-0.1, -0.05) is 12.8 Å². The van der Waals surface area contributed by atoms with Crippen molar-refractivity contribution in [1.29, 1.82) is 0 Å². The Kier molecular flexibility index (Phi) is 9.07. The number of unbranched alkanes of at least 4 members (excludes halogenated alkanes) is 3. The summed E-state index contributed by atoms with van der Waals surface area (Å²) >= 11 is 0. The molecular formula is C17H23NO3Y. The molecule has 0 spiro atoms. The van der Waals surface area contributed by atoms with Gasteiger partial charge in [0.2, 0.25) is 5.91 Å². The number of aryl methyl sites for hydroxylation is 1. The molecule has 1 aromatic carbocycles. The fraction of sp³-hybridized carbons (Fsp3) is 0.529. The third-order valence-corrected chi connectivity index (χ3v) is 3.85. The minimum Gasteiger partial charge on any atom is -0.396 e. The van der Waals surface area contributed by atoms with Crippen LogP contribution in [-0.4, -0.2) is 23.4 Å². The van der Waals surface area contributed by atoms with Crippen LogP contribution in [0.15, 0.2) is 18.2 Å². The third kappa shape index (κ3) is 5.90. The summed E-state index contributed by atoms with van der Waals surface area (Å²) in [5.41, 5.74) is 2.64. The number of hydrogen-bond acceptors (Lipinski definition) is 3. The van der Waals surface area contributed by atoms with E-state index in [9.17, 15) is 9.59 Å². The van der Waals surface area contributed by atoms with Gasteiger partial charge >= 0.3 is 0 Å². The first-order valence-corrected chi connectivity index (χ1v) is 7.77. The van der Waals surface area contributed by atoms with Gasteiger partial charge in [-0.3, -0.25) is 9.59 Å². The molecule has 22 heavy (non-hydrogen) atoms. The first kappa shape index (κ1) is 19.5. The summed E-state index contributed by atoms with van der Waals surface area (Å²) < 4.78 is 0. The molecule has 4 nitrogen and oxygen atoms in total. The minimum absolute atomic E-state index is 0. The number of carbonyl (C=O) groups excluding carboxylic acids is 2. The number of amides is 1. The number of fused-ring (bicyclic) bond motifs is 1. The molecule has 117 valence electrons. The monoisotopic (exact) mass is 378 g/mol. The first-order chi connectivity index (χ1) is 10.2. The minimum atomic E-state index is 0. The molecule has 1 radical (unpaired) electrons. The van der Waals surface area contributed by atoms with Crippen LogP contribution in [0, 0.1) is 0 Å². The number of aliphatic hydroxyl groups is 1. The number of hydrogen-bond donors (Lipinski definition) is 2. The van der Waals surface area contributed by atoms with E-state index >= 15 is 0 Å². The summed E-state index contributed by atoms with van der Waals surface area (Å²) in [5, 5.41) is 11.6. The van der Waals surface area contributed by atoms with Crippen LogP contribution in [0.25, 0.3) is 0 Å². The van der Waals surface area contributed by atoms with E-state index < -0.39 is 0 Å². The molecule has 0 heterocycles. The summed E-state index contributed by atoms with van der Waals surface area (Å²) in [6.07, 6.45) is 6.52. The number of carbonyl (C=O) groups is 2. The molecule has 1 aliphatic rings. The number of ketones is 1. The van der Waals surface area contributed by atoms with Crippen LogP contribution in [0.4, 0.5) is 5.69 Å². The number of rotatable bonds is 7. The number of nitrogens with one attached hydrogen (secondary N) is 1. The van der Waals surface area contributed by atoms with Gasteiger partial charge < -0.3 is 10.4 Å². The van der Waals surface area contributed by atoms with Crippen molar-refractivity contribution in [1.82, 2.24) is 0 Å². The van der Waals surface area contributed by atoms with Gasteiger partial charge in [0.25, 0.3) is 0 Å². The number of aliphatic hydroxyl groups excluding tert-OH is 1. The smallest absolute Gasteiger partial charge is 0.224 e. The zero-order valence-electron chi connectivity index (χ0n) is 12.9. The summed E-state index contributed by atoms with van der Waals surface area (Å²) in [4.78, 5) is 23.6. The van der Waals surface area contributed by atoms with E-state index in [-0.39, 0.29) is 51.0 Å². The molecule has 0 fully saturated rings. The molecule has 1 amide bonds. The van der Waals surface area contributed by atoms with Crippen molar-refractivity contribution >= 4 is 17.4 Å². The Morgan fingerprint density at radius 3 is 2.68 bits per heavy atom. The van der Waals surface area contributed by atoms with Crippen LogP contribution in [0.5, 0.6) is 0 Å². The van der Waals surface area contributed by atoms with Crippen molar-refractivity contribution in [3.05, 3.63) is 29.3 Å². The molecule has 1 aliphatic carbocycles. The van der Waals surface area contributed by atoms with Crippen molar-refractivity contribution in [2.24, 2.45) is 0 Å². The van der Waals surface area contributed by atoms with E-state index in [1.807, 2.05) is 18.2 Å². The maximum Gasteiger partial charge on any atom is 0.224 e. The van der Waals surface area contributed by atoms with Gasteiger partial charge in [-0.05, 0) is 49.4 Å². The molecule has 2 N–H and O–H groups in total. The molecule has 5 heteroatoms. The predicted octanol–water partition coefficient (Wildman–Crippen LogP) is 3.08. The van der Waals surface area contributed by atoms with Crippen LogP contribution in [-0.2, 0) is 43.9 Å². The van der Waals surface area contributed by atoms with Gasteiger partial charge in [0.05, 0.1) is 0 Å². The summed E-state index contributed by atoms with van der Waals surface area (Å²) in [7, 11) is 0. The molecule has 0 bridgehead atoms. The Hall–Kier alpha value is -0.576. The van der Waals surface area contributed by atoms with Crippen molar-refractivity contribution in [2.75, 3.05) is 11.9 Å². The molecule has 0 saturated carbocycles. The van der Waals surface area contributed by atoms with E-state index in [0.717, 1.165) is 55.3 Å². The van der Waals surface area contributed by atoms with Gasteiger partial charge in [0.1, 0.15) is 0 Å². The Morgan fingerprint density at radius 2 is 1.91 bits per heavy atom. The molecule has 0 unspecified atom stereocenters. The Balaban J connectivity index is 0.00000242. The molecule has 1 aromatic rings. The van der Waals surface area contributed by atoms with Crippen molar-refractivity contribution in [3.8, 4) is 0 Å². The van der Waals surface area contributed by atoms with Gasteiger partial charge in [-0.25, -0.2) is 0 Å². The van der Waals surface area contributed by atoms with E-state index in [1.165, 1.54) is 0 Å². The first-order valence-electron chi connectivity index (χ1n) is 7.77. The molecule has 0 saturated heterocycles. The summed E-state index contributed by atoms with van der Waals surface area (Å²) in [6.45, 7) is 0.222. The fourth-order valence-corrected chi connectivity index (χ4v) is 2.70. The normalized spacial score (nSPS) is 13.2. The molecular weight excluding hydrogens is 355 g/mol. The van der Waals surface area contributed by atoms with E-state index in [1.54, 1.807) is 0 Å². The van der Waals surface area contributed by atoms with Gasteiger partial charge in [0, 0.05) is 63.4 Å². The Morgan fingerprint density at radius 1 is 1.14 bits per heavy atom. The number of Topliss-reactive ketones (excluding diaryl/α,β-unsaturated/α-hetero) is 1. The average molecular weight is 378 g/mol. The second-order valence-corrected chi connectivity index (χ2v) is 5.58. The van der Waals surface area contributed by atoms with E-state index in [4.69, 9.17) is 5.11 Å². The second-order valence-electron chi connectivity index (χ2n) is 5.58. The molecule has 2 rings (SSSR count). The van der Waals surface area contributed by atoms with Crippen LogP contribution in [0.3, 0.4) is 0 Å². The SMILES string of the molecule is O=C(CCCCCCO)Nc1ccc2c(c1)CCCC2=O.[Y]. The molecule has 0 aromatic heterocycles. The summed E-state index contributed by atoms with van der Waals surface area (Å²) in [6, 6.07) is 5.56. The van der Waals surface area contributed by atoms with Crippen molar-refractivity contribution in [2.45, 2.75) is 51.4 Å². The zero-order valence-corrected chi connectivity index (χ0v) is 15.8. The standard InChI is InChI=1S/C17H23NO3.Y/c19-11-4-2-1-3-8-17(21)18-14-9-10-15-13(12-14)6-5-7-16(15)20;/h9-10,12,19H,1-8,11H2,(H,18,21);. The third-order valence-electron chi connectivity index (χ3n) is 3.85. The largest absolute Gasteiger partial charge is 0.396 e. The molecule has 0 aliphatic heterocycles. The van der Waals surface area contributed by atoms with Crippen LogP contribution >= 0.6 is 0 Å².